The number of rotatable bonds is 29. The zero-order chi connectivity index (χ0) is 52.4. The van der Waals surface area contributed by atoms with Crippen LogP contribution in [0.3, 0.4) is 0 Å². The molecule has 2 fully saturated rings. The number of nitrogens with zero attached hydrogens (tertiary/aromatic N) is 6. The van der Waals surface area contributed by atoms with Gasteiger partial charge >= 0.3 is 5.97 Å². The van der Waals surface area contributed by atoms with Crippen LogP contribution in [0.1, 0.15) is 85.0 Å². The van der Waals surface area contributed by atoms with E-state index in [-0.39, 0.29) is 88.2 Å². The number of pyridine rings is 1. The summed E-state index contributed by atoms with van der Waals surface area (Å²) in [6.45, 7) is 10.5. The van der Waals surface area contributed by atoms with Crippen LogP contribution in [0, 0.1) is 5.92 Å². The highest BCUT2D eigenvalue weighted by atomic mass is 16.6. The van der Waals surface area contributed by atoms with Crippen LogP contribution in [0.25, 0.3) is 0 Å². The smallest absolute Gasteiger partial charge is 0.305 e. The molecule has 4 aliphatic heterocycles. The Labute approximate surface area is 432 Å². The molecule has 1 unspecified atom stereocenters. The van der Waals surface area contributed by atoms with Gasteiger partial charge in [0.1, 0.15) is 25.6 Å². The van der Waals surface area contributed by atoms with Crippen LogP contribution in [0.5, 0.6) is 28.7 Å². The number of ether oxygens (including phenoxy) is 10. The van der Waals surface area contributed by atoms with Crippen molar-refractivity contribution in [1.29, 1.82) is 0 Å². The third-order valence-corrected chi connectivity index (χ3v) is 12.9. The largest absolute Gasteiger partial charge is 0.493 e. The summed E-state index contributed by atoms with van der Waals surface area (Å²) in [5, 5.41) is 0. The van der Waals surface area contributed by atoms with Gasteiger partial charge in [-0.2, -0.15) is 0 Å². The van der Waals surface area contributed by atoms with Crippen LogP contribution in [0.4, 0.5) is 11.4 Å². The van der Waals surface area contributed by atoms with Crippen LogP contribution in [0.15, 0.2) is 58.0 Å². The second kappa shape index (κ2) is 27.6. The first-order valence-electron chi connectivity index (χ1n) is 25.3. The molecule has 3 atom stereocenters. The van der Waals surface area contributed by atoms with Gasteiger partial charge in [0.25, 0.3) is 11.8 Å². The van der Waals surface area contributed by atoms with Crippen LogP contribution in [-0.2, 0) is 46.5 Å². The quantitative estimate of drug-likeness (QED) is 0.0423. The molecule has 2 saturated heterocycles. The molecule has 1 aromatic heterocycles. The number of allylic oxidation sites excluding steroid dienone is 1. The maximum atomic E-state index is 13.8. The summed E-state index contributed by atoms with van der Waals surface area (Å²) in [6, 6.07) is 9.97. The summed E-state index contributed by atoms with van der Waals surface area (Å²) in [5.74, 6) is 1.48. The van der Waals surface area contributed by atoms with Crippen molar-refractivity contribution in [3.05, 3.63) is 70.6 Å². The number of aliphatic imine (C=N–C) groups is 2. The van der Waals surface area contributed by atoms with Crippen molar-refractivity contribution in [2.24, 2.45) is 15.9 Å². The van der Waals surface area contributed by atoms with Crippen molar-refractivity contribution >= 4 is 47.5 Å². The molecule has 0 bridgehead atoms. The number of amides is 3. The number of carbonyl (C=O) groups is 4. The van der Waals surface area contributed by atoms with Crippen molar-refractivity contribution in [1.82, 2.24) is 19.7 Å². The van der Waals surface area contributed by atoms with Gasteiger partial charge in [0, 0.05) is 69.9 Å². The minimum absolute atomic E-state index is 0.0411. The average Bonchev–Trinajstić information content (AvgIpc) is 3.95. The van der Waals surface area contributed by atoms with E-state index in [1.54, 1.807) is 55.3 Å². The number of hydrogen-bond acceptors (Lipinski definition) is 17. The predicted molar refractivity (Wildman–Crippen MR) is 274 cm³/mol. The Kier molecular flexibility index (Phi) is 20.6. The first-order chi connectivity index (χ1) is 36.0. The van der Waals surface area contributed by atoms with E-state index < -0.39 is 0 Å². The van der Waals surface area contributed by atoms with E-state index >= 15 is 0 Å². The molecule has 3 aromatic rings. The predicted octanol–water partition coefficient (Wildman–Crippen LogP) is 6.34. The minimum atomic E-state index is -0.335. The lowest BCUT2D eigenvalue weighted by atomic mass is 10.1. The molecular formula is C54H70N6O14. The Bertz CT molecular complexity index is 2520. The SMILES string of the molecule is C/C=C1\C[C@H]2C=Nc3cc(OCc4cc(OCCN(CCCC(=O)OCC)C(=O)CCOCCOCCOCCOC)cc(COc5cc6c(cc5OC)C(=O)N5CC(C)C[C@H]5C=N6)n4)c(OC)cc3C(=O)N2C1. The summed E-state index contributed by atoms with van der Waals surface area (Å²) >= 11 is 0. The maximum absolute atomic E-state index is 13.8. The van der Waals surface area contributed by atoms with Crippen molar-refractivity contribution in [3.8, 4) is 28.7 Å². The highest BCUT2D eigenvalue weighted by Crippen LogP contribution is 2.41. The number of hydrogen-bond donors (Lipinski definition) is 0. The van der Waals surface area contributed by atoms with E-state index in [2.05, 4.69) is 6.92 Å². The van der Waals surface area contributed by atoms with Gasteiger partial charge in [-0.05, 0) is 51.2 Å². The van der Waals surface area contributed by atoms with Gasteiger partial charge in [-0.25, -0.2) is 0 Å². The van der Waals surface area contributed by atoms with Crippen molar-refractivity contribution < 1.29 is 66.5 Å². The van der Waals surface area contributed by atoms with Crippen LogP contribution in [0.2, 0.25) is 0 Å². The van der Waals surface area contributed by atoms with Gasteiger partial charge in [-0.3, -0.25) is 34.1 Å². The number of aromatic nitrogens is 1. The van der Waals surface area contributed by atoms with Crippen molar-refractivity contribution in [2.45, 2.75) is 78.2 Å². The van der Waals surface area contributed by atoms with Gasteiger partial charge in [0.2, 0.25) is 5.91 Å². The molecule has 20 heteroatoms. The highest BCUT2D eigenvalue weighted by Gasteiger charge is 2.37. The molecule has 74 heavy (non-hydrogen) atoms. The number of methoxy groups -OCH3 is 3. The van der Waals surface area contributed by atoms with Gasteiger partial charge in [-0.1, -0.05) is 18.6 Å². The molecule has 0 radical (unpaired) electrons. The van der Waals surface area contributed by atoms with E-state index in [1.807, 2.05) is 35.2 Å². The molecule has 7 rings (SSSR count). The van der Waals surface area contributed by atoms with Gasteiger partial charge in [-0.15, -0.1) is 0 Å². The number of carbonyl (C=O) groups excluding carboxylic acids is 4. The van der Waals surface area contributed by atoms with Crippen LogP contribution < -0.4 is 23.7 Å². The minimum Gasteiger partial charge on any atom is -0.493 e. The first kappa shape index (κ1) is 55.1. The molecule has 20 nitrogen and oxygen atoms in total. The fourth-order valence-electron chi connectivity index (χ4n) is 9.08. The van der Waals surface area contributed by atoms with Crippen molar-refractivity contribution in [3.63, 3.8) is 0 Å². The molecule has 0 aliphatic carbocycles. The zero-order valence-corrected chi connectivity index (χ0v) is 43.5. The van der Waals surface area contributed by atoms with Gasteiger partial charge < -0.3 is 62.1 Å². The first-order valence-corrected chi connectivity index (χ1v) is 25.3. The summed E-state index contributed by atoms with van der Waals surface area (Å²) in [4.78, 5) is 72.9. The lowest BCUT2D eigenvalue weighted by molar-refractivity contribution is -0.144. The molecule has 0 saturated carbocycles. The molecular weight excluding hydrogens is 957 g/mol. The normalized spacial score (nSPS) is 18.1. The monoisotopic (exact) mass is 1030 g/mol. The van der Waals surface area contributed by atoms with Crippen LogP contribution >= 0.6 is 0 Å². The number of fused-ring (bicyclic) bond motifs is 4. The Morgan fingerprint density at radius 3 is 1.89 bits per heavy atom. The van der Waals surface area contributed by atoms with Gasteiger partial charge in [0.15, 0.2) is 23.0 Å². The molecule has 400 valence electrons. The molecule has 4 aliphatic rings. The van der Waals surface area contributed by atoms with E-state index in [4.69, 9.17) is 62.3 Å². The Balaban J connectivity index is 1.06. The molecule has 0 N–H and O–H groups in total. The van der Waals surface area contributed by atoms with Gasteiger partial charge in [0.05, 0.1) is 126 Å². The summed E-state index contributed by atoms with van der Waals surface area (Å²) in [5.41, 5.74) is 3.92. The maximum Gasteiger partial charge on any atom is 0.305 e. The summed E-state index contributed by atoms with van der Waals surface area (Å²) in [7, 11) is 4.64. The number of benzene rings is 2. The zero-order valence-electron chi connectivity index (χ0n) is 43.5. The standard InChI is InChI=1S/C54H70N6O14/c1-7-37-23-41-31-56-46-29-50(48(67-6)27-44(46)54(64)60(41)33-37)74-35-39-25-42(24-38(57-39)34-73-49-28-45-43(26-47(49)66-5)53(63)59-32-36(3)22-40(59)30-55-45)72-15-13-58(12-9-10-52(62)71-8-2)51(61)11-14-68-18-19-70-21-20-69-17-16-65-4/h7,24-31,36,40-41H,8-23,32-35H2,1-6H3/b37-7+/t36?,40-,41-/m0/s1. The second-order valence-corrected chi connectivity index (χ2v) is 18.2. The van der Waals surface area contributed by atoms with Crippen molar-refractivity contribution in [2.75, 3.05) is 107 Å². The third-order valence-electron chi connectivity index (χ3n) is 12.9. The molecule has 3 amide bonds. The van der Waals surface area contributed by atoms with E-state index in [0.29, 0.717) is 134 Å². The average molecular weight is 1030 g/mol. The Hall–Kier alpha value is -6.61. The molecule has 5 heterocycles. The summed E-state index contributed by atoms with van der Waals surface area (Å²) in [6.07, 6.45) is 7.91. The lowest BCUT2D eigenvalue weighted by Gasteiger charge is -2.23. The van der Waals surface area contributed by atoms with E-state index in [9.17, 15) is 19.2 Å². The number of esters is 1. The Morgan fingerprint density at radius 2 is 1.30 bits per heavy atom. The van der Waals surface area contributed by atoms with E-state index in [1.165, 1.54) is 19.8 Å². The third kappa shape index (κ3) is 14.8. The van der Waals surface area contributed by atoms with Crippen LogP contribution in [-0.4, -0.2) is 175 Å². The summed E-state index contributed by atoms with van der Waals surface area (Å²) < 4.78 is 57.3. The van der Waals surface area contributed by atoms with E-state index in [0.717, 1.165) is 12.8 Å². The Morgan fingerprint density at radius 1 is 0.703 bits per heavy atom. The lowest BCUT2D eigenvalue weighted by Crippen LogP contribution is -2.36. The highest BCUT2D eigenvalue weighted by molar-refractivity contribution is 6.04. The molecule has 2 aromatic carbocycles. The fraction of sp³-hybridized carbons (Fsp3) is 0.537. The second-order valence-electron chi connectivity index (χ2n) is 18.2. The fourth-order valence-corrected chi connectivity index (χ4v) is 9.08. The molecule has 0 spiro atoms. The topological polar surface area (TPSA) is 208 Å².